The Kier molecular flexibility index (Phi) is 7.16. The molecule has 3 heteroatoms. The summed E-state index contributed by atoms with van der Waals surface area (Å²) in [6.45, 7) is 3.45. The van der Waals surface area contributed by atoms with Crippen LogP contribution in [0.1, 0.15) is 0 Å². The van der Waals surface area contributed by atoms with Crippen LogP contribution in [-0.4, -0.2) is 44.8 Å². The highest BCUT2D eigenvalue weighted by Gasteiger charge is 1.93. The molecule has 0 aliphatic rings. The van der Waals surface area contributed by atoms with Crippen molar-refractivity contribution >= 4 is 0 Å². The highest BCUT2D eigenvalue weighted by Crippen LogP contribution is 1.80. The lowest BCUT2D eigenvalue weighted by molar-refractivity contribution is 0.121. The van der Waals surface area contributed by atoms with Crippen molar-refractivity contribution in [2.75, 3.05) is 39.9 Å². The van der Waals surface area contributed by atoms with Crippen LogP contribution in [0.4, 0.5) is 0 Å². The predicted molar refractivity (Wildman–Crippen MR) is 46.2 cm³/mol. The lowest BCUT2D eigenvalue weighted by Crippen LogP contribution is -2.24. The Hall–Kier alpha value is -0.560. The first-order valence-electron chi connectivity index (χ1n) is 3.71. The number of rotatable bonds is 6. The molecular formula is C8H16N2O. The first kappa shape index (κ1) is 10.4. The molecule has 11 heavy (non-hydrogen) atoms. The quantitative estimate of drug-likeness (QED) is 0.417. The minimum atomic E-state index is 0.582. The summed E-state index contributed by atoms with van der Waals surface area (Å²) in [5.41, 5.74) is 5.23. The maximum atomic E-state index is 5.23. The fraction of sp³-hybridized carbons (Fsp3) is 0.750. The molecule has 0 fully saturated rings. The molecule has 0 amide bonds. The van der Waals surface area contributed by atoms with Gasteiger partial charge in [0.25, 0.3) is 0 Å². The van der Waals surface area contributed by atoms with Crippen LogP contribution >= 0.6 is 0 Å². The Morgan fingerprint density at radius 1 is 1.55 bits per heavy atom. The highest BCUT2D eigenvalue weighted by molar-refractivity contribution is 4.86. The average Bonchev–Trinajstić information content (AvgIpc) is 1.99. The molecule has 0 radical (unpaired) electrons. The number of hydrogen-bond donors (Lipinski definition) is 1. The van der Waals surface area contributed by atoms with Gasteiger partial charge in [0, 0.05) is 13.1 Å². The lowest BCUT2D eigenvalue weighted by atomic mass is 10.5. The molecule has 0 bridgehead atoms. The summed E-state index contributed by atoms with van der Waals surface area (Å²) >= 11 is 0. The molecule has 0 aromatic rings. The Balaban J connectivity index is 3.05. The molecule has 0 aromatic carbocycles. The van der Waals surface area contributed by atoms with Gasteiger partial charge in [0.05, 0.1) is 19.8 Å². The lowest BCUT2D eigenvalue weighted by Gasteiger charge is -2.12. The molecule has 0 rings (SSSR count). The molecule has 0 heterocycles. The summed E-state index contributed by atoms with van der Waals surface area (Å²) in [5, 5.41) is 0. The molecule has 2 N–H and O–H groups in total. The summed E-state index contributed by atoms with van der Waals surface area (Å²) in [6.07, 6.45) is 5.11. The van der Waals surface area contributed by atoms with Crippen molar-refractivity contribution in [1.82, 2.24) is 4.90 Å². The van der Waals surface area contributed by atoms with E-state index in [9.17, 15) is 0 Å². The van der Waals surface area contributed by atoms with Crippen LogP contribution in [0.15, 0.2) is 0 Å². The molecule has 0 atom stereocenters. The fourth-order valence-electron chi connectivity index (χ4n) is 0.641. The Bertz CT molecular complexity index is 120. The van der Waals surface area contributed by atoms with Crippen molar-refractivity contribution in [2.45, 2.75) is 0 Å². The van der Waals surface area contributed by atoms with E-state index in [1.165, 1.54) is 0 Å². The third-order valence-corrected chi connectivity index (χ3v) is 1.24. The second-order valence-corrected chi connectivity index (χ2v) is 2.34. The van der Waals surface area contributed by atoms with E-state index in [0.717, 1.165) is 6.54 Å². The van der Waals surface area contributed by atoms with Gasteiger partial charge < -0.3 is 10.5 Å². The van der Waals surface area contributed by atoms with E-state index in [-0.39, 0.29) is 0 Å². The standard InChI is InChI=1S/C8H16N2O/c1-3-5-10(2)6-8-11-7-4-9/h1H,4-9H2,2H3. The van der Waals surface area contributed by atoms with Crippen LogP contribution < -0.4 is 5.73 Å². The van der Waals surface area contributed by atoms with Crippen molar-refractivity contribution in [1.29, 1.82) is 0 Å². The van der Waals surface area contributed by atoms with Crippen molar-refractivity contribution in [2.24, 2.45) is 5.73 Å². The van der Waals surface area contributed by atoms with Gasteiger partial charge in [-0.05, 0) is 7.05 Å². The first-order chi connectivity index (χ1) is 5.31. The van der Waals surface area contributed by atoms with Crippen molar-refractivity contribution in [3.8, 4) is 12.3 Å². The minimum absolute atomic E-state index is 0.582. The van der Waals surface area contributed by atoms with E-state index >= 15 is 0 Å². The number of terminal acetylenes is 1. The topological polar surface area (TPSA) is 38.5 Å². The summed E-state index contributed by atoms with van der Waals surface area (Å²) in [7, 11) is 1.96. The Morgan fingerprint density at radius 2 is 2.27 bits per heavy atom. The number of hydrogen-bond acceptors (Lipinski definition) is 3. The van der Waals surface area contributed by atoms with E-state index in [4.69, 9.17) is 16.9 Å². The van der Waals surface area contributed by atoms with Gasteiger partial charge in [0.15, 0.2) is 0 Å². The summed E-state index contributed by atoms with van der Waals surface area (Å²) < 4.78 is 5.16. The van der Waals surface area contributed by atoms with Gasteiger partial charge in [-0.15, -0.1) is 6.42 Å². The van der Waals surface area contributed by atoms with E-state index < -0.39 is 0 Å². The van der Waals surface area contributed by atoms with E-state index in [2.05, 4.69) is 5.92 Å². The SMILES string of the molecule is C#CCN(C)CCOCCN. The van der Waals surface area contributed by atoms with Crippen LogP contribution in [0.2, 0.25) is 0 Å². The normalized spacial score (nSPS) is 10.0. The Morgan fingerprint density at radius 3 is 2.82 bits per heavy atom. The zero-order valence-corrected chi connectivity index (χ0v) is 7.05. The van der Waals surface area contributed by atoms with Crippen LogP contribution in [0.3, 0.4) is 0 Å². The van der Waals surface area contributed by atoms with Crippen LogP contribution in [0.5, 0.6) is 0 Å². The van der Waals surface area contributed by atoms with Crippen molar-refractivity contribution in [3.63, 3.8) is 0 Å². The average molecular weight is 156 g/mol. The summed E-state index contributed by atoms with van der Waals surface area (Å²) in [5.74, 6) is 2.55. The van der Waals surface area contributed by atoms with Crippen molar-refractivity contribution in [3.05, 3.63) is 0 Å². The summed E-state index contributed by atoms with van der Waals surface area (Å²) in [6, 6.07) is 0. The molecule has 64 valence electrons. The van der Waals surface area contributed by atoms with E-state index in [0.29, 0.717) is 26.3 Å². The molecule has 0 spiro atoms. The second kappa shape index (κ2) is 7.55. The van der Waals surface area contributed by atoms with E-state index in [1.54, 1.807) is 0 Å². The highest BCUT2D eigenvalue weighted by atomic mass is 16.5. The molecular weight excluding hydrogens is 140 g/mol. The van der Waals surface area contributed by atoms with Crippen LogP contribution in [0.25, 0.3) is 0 Å². The predicted octanol–water partition coefficient (Wildman–Crippen LogP) is -0.473. The molecule has 0 saturated heterocycles. The second-order valence-electron chi connectivity index (χ2n) is 2.34. The number of nitrogens with two attached hydrogens (primary N) is 1. The zero-order chi connectivity index (χ0) is 8.53. The van der Waals surface area contributed by atoms with Gasteiger partial charge in [-0.1, -0.05) is 5.92 Å². The maximum Gasteiger partial charge on any atom is 0.0597 e. The molecule has 0 aromatic heterocycles. The molecule has 3 nitrogen and oxygen atoms in total. The molecule has 0 unspecified atom stereocenters. The van der Waals surface area contributed by atoms with Gasteiger partial charge in [-0.3, -0.25) is 4.90 Å². The van der Waals surface area contributed by atoms with E-state index in [1.807, 2.05) is 11.9 Å². The molecule has 0 saturated carbocycles. The number of nitrogens with zero attached hydrogens (tertiary/aromatic N) is 1. The van der Waals surface area contributed by atoms with Gasteiger partial charge in [-0.25, -0.2) is 0 Å². The first-order valence-corrected chi connectivity index (χ1v) is 3.71. The molecule has 0 aliphatic carbocycles. The smallest absolute Gasteiger partial charge is 0.0597 e. The monoisotopic (exact) mass is 156 g/mol. The zero-order valence-electron chi connectivity index (χ0n) is 7.05. The molecule has 0 aliphatic heterocycles. The fourth-order valence-corrected chi connectivity index (χ4v) is 0.641. The van der Waals surface area contributed by atoms with Gasteiger partial charge >= 0.3 is 0 Å². The van der Waals surface area contributed by atoms with Crippen molar-refractivity contribution < 1.29 is 4.74 Å². The third-order valence-electron chi connectivity index (χ3n) is 1.24. The Labute approximate surface area is 68.5 Å². The van der Waals surface area contributed by atoms with Crippen LogP contribution in [0, 0.1) is 12.3 Å². The van der Waals surface area contributed by atoms with Gasteiger partial charge in [-0.2, -0.15) is 0 Å². The van der Waals surface area contributed by atoms with Crippen LogP contribution in [-0.2, 0) is 4.74 Å². The number of likely N-dealkylation sites (N-methyl/N-ethyl adjacent to an activating group) is 1. The van der Waals surface area contributed by atoms with Gasteiger partial charge in [0.2, 0.25) is 0 Å². The van der Waals surface area contributed by atoms with Gasteiger partial charge in [0.1, 0.15) is 0 Å². The maximum absolute atomic E-state index is 5.23. The summed E-state index contributed by atoms with van der Waals surface area (Å²) in [4.78, 5) is 2.02. The third kappa shape index (κ3) is 7.34. The largest absolute Gasteiger partial charge is 0.379 e. The number of ether oxygens (including phenoxy) is 1. The minimum Gasteiger partial charge on any atom is -0.379 e.